The number of anilines is 1. The van der Waals surface area contributed by atoms with E-state index in [2.05, 4.69) is 10.6 Å². The molecule has 26 heavy (non-hydrogen) atoms. The van der Waals surface area contributed by atoms with Gasteiger partial charge in [-0.1, -0.05) is 12.1 Å². The number of methoxy groups -OCH3 is 1. The highest BCUT2D eigenvalue weighted by Crippen LogP contribution is 2.29. The SMILES string of the molecule is COc1cccc(CCNCCC(=O)Nc2ccc(C(F)(F)F)cc2)c1. The number of halogens is 3. The largest absolute Gasteiger partial charge is 0.497 e. The van der Waals surface area contributed by atoms with Crippen molar-refractivity contribution in [2.45, 2.75) is 19.0 Å². The molecule has 0 fully saturated rings. The third kappa shape index (κ3) is 6.40. The Kier molecular flexibility index (Phi) is 7.03. The van der Waals surface area contributed by atoms with E-state index in [9.17, 15) is 18.0 Å². The highest BCUT2D eigenvalue weighted by atomic mass is 19.4. The quantitative estimate of drug-likeness (QED) is 0.697. The fourth-order valence-corrected chi connectivity index (χ4v) is 2.35. The summed E-state index contributed by atoms with van der Waals surface area (Å²) in [5.74, 6) is 0.553. The molecule has 140 valence electrons. The van der Waals surface area contributed by atoms with Crippen LogP contribution in [-0.4, -0.2) is 26.1 Å². The molecule has 0 aromatic heterocycles. The molecule has 1 amide bonds. The van der Waals surface area contributed by atoms with E-state index in [1.54, 1.807) is 7.11 Å². The average Bonchev–Trinajstić information content (AvgIpc) is 2.61. The van der Waals surface area contributed by atoms with E-state index in [4.69, 9.17) is 4.74 Å². The number of ether oxygens (including phenoxy) is 1. The first kappa shape index (κ1) is 19.8. The number of alkyl halides is 3. The summed E-state index contributed by atoms with van der Waals surface area (Å²) in [6.07, 6.45) is -3.34. The molecule has 0 bridgehead atoms. The molecule has 0 aliphatic carbocycles. The van der Waals surface area contributed by atoms with Gasteiger partial charge in [0.05, 0.1) is 12.7 Å². The molecule has 2 aromatic carbocycles. The molecule has 0 saturated heterocycles. The third-order valence-electron chi connectivity index (χ3n) is 3.75. The lowest BCUT2D eigenvalue weighted by Crippen LogP contribution is -2.23. The topological polar surface area (TPSA) is 50.4 Å². The molecule has 0 atom stereocenters. The van der Waals surface area contributed by atoms with E-state index in [1.165, 1.54) is 12.1 Å². The van der Waals surface area contributed by atoms with Gasteiger partial charge in [0.25, 0.3) is 0 Å². The monoisotopic (exact) mass is 366 g/mol. The summed E-state index contributed by atoms with van der Waals surface area (Å²) in [6, 6.07) is 12.1. The molecule has 0 heterocycles. The summed E-state index contributed by atoms with van der Waals surface area (Å²) in [5.41, 5.74) is 0.736. The molecule has 4 nitrogen and oxygen atoms in total. The smallest absolute Gasteiger partial charge is 0.416 e. The zero-order chi connectivity index (χ0) is 19.0. The molecule has 0 spiro atoms. The lowest BCUT2D eigenvalue weighted by Gasteiger charge is -2.09. The number of hydrogen-bond donors (Lipinski definition) is 2. The standard InChI is InChI=1S/C19H21F3N2O2/c1-26-17-4-2-3-14(13-17)9-11-23-12-10-18(25)24-16-7-5-15(6-8-16)19(20,21)22/h2-8,13,23H,9-12H2,1H3,(H,24,25). The van der Waals surface area contributed by atoms with E-state index in [0.717, 1.165) is 29.9 Å². The first-order valence-corrected chi connectivity index (χ1v) is 8.19. The minimum absolute atomic E-state index is 0.235. The van der Waals surface area contributed by atoms with Crippen LogP contribution in [0.15, 0.2) is 48.5 Å². The van der Waals surface area contributed by atoms with Crippen molar-refractivity contribution in [3.63, 3.8) is 0 Å². The van der Waals surface area contributed by atoms with Crippen LogP contribution in [0.3, 0.4) is 0 Å². The predicted molar refractivity (Wildman–Crippen MR) is 94.3 cm³/mol. The van der Waals surface area contributed by atoms with Gasteiger partial charge < -0.3 is 15.4 Å². The summed E-state index contributed by atoms with van der Waals surface area (Å²) < 4.78 is 42.6. The Hall–Kier alpha value is -2.54. The lowest BCUT2D eigenvalue weighted by molar-refractivity contribution is -0.137. The van der Waals surface area contributed by atoms with Crippen LogP contribution >= 0.6 is 0 Å². The van der Waals surface area contributed by atoms with Crippen molar-refractivity contribution >= 4 is 11.6 Å². The average molecular weight is 366 g/mol. The third-order valence-corrected chi connectivity index (χ3v) is 3.75. The van der Waals surface area contributed by atoms with Gasteiger partial charge in [-0.15, -0.1) is 0 Å². The van der Waals surface area contributed by atoms with Gasteiger partial charge in [0.1, 0.15) is 5.75 Å². The maximum Gasteiger partial charge on any atom is 0.416 e. The number of carbonyl (C=O) groups is 1. The predicted octanol–water partition coefficient (Wildman–Crippen LogP) is 3.87. The van der Waals surface area contributed by atoms with Crippen molar-refractivity contribution in [2.24, 2.45) is 0 Å². The number of rotatable bonds is 8. The Balaban J connectivity index is 1.67. The molecular formula is C19H21F3N2O2. The zero-order valence-electron chi connectivity index (χ0n) is 14.4. The van der Waals surface area contributed by atoms with Gasteiger partial charge in [-0.25, -0.2) is 0 Å². The molecule has 0 unspecified atom stereocenters. The van der Waals surface area contributed by atoms with Gasteiger partial charge >= 0.3 is 6.18 Å². The fraction of sp³-hybridized carbons (Fsp3) is 0.316. The Morgan fingerprint density at radius 3 is 2.46 bits per heavy atom. The van der Waals surface area contributed by atoms with Crippen LogP contribution in [0.4, 0.5) is 18.9 Å². The van der Waals surface area contributed by atoms with Gasteiger partial charge in [-0.2, -0.15) is 13.2 Å². The maximum atomic E-state index is 12.5. The van der Waals surface area contributed by atoms with Crippen molar-refractivity contribution in [3.05, 3.63) is 59.7 Å². The second-order valence-corrected chi connectivity index (χ2v) is 5.72. The van der Waals surface area contributed by atoms with E-state index >= 15 is 0 Å². The first-order valence-electron chi connectivity index (χ1n) is 8.19. The molecule has 2 aromatic rings. The molecule has 0 aliphatic rings. The second kappa shape index (κ2) is 9.24. The van der Waals surface area contributed by atoms with Gasteiger partial charge in [0, 0.05) is 18.7 Å². The Labute approximate surface area is 150 Å². The molecule has 7 heteroatoms. The van der Waals surface area contributed by atoms with E-state index in [-0.39, 0.29) is 12.3 Å². The molecule has 2 rings (SSSR count). The van der Waals surface area contributed by atoms with Crippen molar-refractivity contribution < 1.29 is 22.7 Å². The second-order valence-electron chi connectivity index (χ2n) is 5.72. The summed E-state index contributed by atoms with van der Waals surface area (Å²) >= 11 is 0. The summed E-state index contributed by atoms with van der Waals surface area (Å²) in [4.78, 5) is 11.8. The number of carbonyl (C=O) groups excluding carboxylic acids is 1. The van der Waals surface area contributed by atoms with Crippen LogP contribution in [0, 0.1) is 0 Å². The number of nitrogens with one attached hydrogen (secondary N) is 2. The Morgan fingerprint density at radius 2 is 1.81 bits per heavy atom. The normalized spacial score (nSPS) is 11.2. The van der Waals surface area contributed by atoms with Crippen LogP contribution in [0.25, 0.3) is 0 Å². The van der Waals surface area contributed by atoms with Gasteiger partial charge in [-0.3, -0.25) is 4.79 Å². The van der Waals surface area contributed by atoms with Crippen LogP contribution in [0.2, 0.25) is 0 Å². The van der Waals surface area contributed by atoms with Crippen LogP contribution in [0.5, 0.6) is 5.75 Å². The van der Waals surface area contributed by atoms with Crippen LogP contribution < -0.4 is 15.4 Å². The number of amides is 1. The van der Waals surface area contributed by atoms with E-state index in [1.807, 2.05) is 24.3 Å². The van der Waals surface area contributed by atoms with Crippen LogP contribution in [0.1, 0.15) is 17.5 Å². The molecule has 2 N–H and O–H groups in total. The lowest BCUT2D eigenvalue weighted by atomic mass is 10.1. The summed E-state index contributed by atoms with van der Waals surface area (Å²) in [5, 5.41) is 5.75. The summed E-state index contributed by atoms with van der Waals surface area (Å²) in [7, 11) is 1.62. The molecule has 0 radical (unpaired) electrons. The highest BCUT2D eigenvalue weighted by Gasteiger charge is 2.29. The molecule has 0 saturated carbocycles. The van der Waals surface area contributed by atoms with E-state index < -0.39 is 11.7 Å². The van der Waals surface area contributed by atoms with Gasteiger partial charge in [-0.05, 0) is 54.9 Å². The van der Waals surface area contributed by atoms with Crippen molar-refractivity contribution in [1.82, 2.24) is 5.32 Å². The fourth-order valence-electron chi connectivity index (χ4n) is 2.35. The first-order chi connectivity index (χ1) is 12.4. The van der Waals surface area contributed by atoms with Crippen molar-refractivity contribution in [1.29, 1.82) is 0 Å². The Bertz CT molecular complexity index is 715. The van der Waals surface area contributed by atoms with Crippen molar-refractivity contribution in [2.75, 3.05) is 25.5 Å². The van der Waals surface area contributed by atoms with Crippen molar-refractivity contribution in [3.8, 4) is 5.75 Å². The summed E-state index contributed by atoms with van der Waals surface area (Å²) in [6.45, 7) is 1.19. The van der Waals surface area contributed by atoms with E-state index in [0.29, 0.717) is 18.8 Å². The molecular weight excluding hydrogens is 345 g/mol. The molecule has 0 aliphatic heterocycles. The minimum atomic E-state index is -4.38. The highest BCUT2D eigenvalue weighted by molar-refractivity contribution is 5.90. The Morgan fingerprint density at radius 1 is 1.08 bits per heavy atom. The zero-order valence-corrected chi connectivity index (χ0v) is 14.4. The van der Waals surface area contributed by atoms with Gasteiger partial charge in [0.15, 0.2) is 0 Å². The van der Waals surface area contributed by atoms with Gasteiger partial charge in [0.2, 0.25) is 5.91 Å². The van der Waals surface area contributed by atoms with Crippen LogP contribution in [-0.2, 0) is 17.4 Å². The maximum absolute atomic E-state index is 12.5. The number of hydrogen-bond acceptors (Lipinski definition) is 3. The minimum Gasteiger partial charge on any atom is -0.497 e. The number of benzene rings is 2.